The molecule has 1 rings (SSSR count). The number of carbonyl (C=O) groups excluding carboxylic acids is 2. The van der Waals surface area contributed by atoms with Crippen molar-refractivity contribution in [2.24, 2.45) is 0 Å². The maximum absolute atomic E-state index is 10.7. The molecule has 75 valence electrons. The molecule has 0 spiro atoms. The van der Waals surface area contributed by atoms with Gasteiger partial charge in [-0.05, 0) is 12.5 Å². The second-order valence-electron chi connectivity index (χ2n) is 2.76. The number of hydrogen-bond donors (Lipinski definition) is 0. The fourth-order valence-electron chi connectivity index (χ4n) is 1.02. The average Bonchev–Trinajstić information content (AvgIpc) is 2.06. The van der Waals surface area contributed by atoms with Gasteiger partial charge >= 0.3 is 11.9 Å². The van der Waals surface area contributed by atoms with Gasteiger partial charge in [0.15, 0.2) is 11.5 Å². The Hall–Kier alpha value is -1.58. The summed E-state index contributed by atoms with van der Waals surface area (Å²) < 4.78 is 9.71. The highest BCUT2D eigenvalue weighted by Crippen LogP contribution is 2.20. The van der Waals surface area contributed by atoms with Crippen molar-refractivity contribution in [2.45, 2.75) is 20.3 Å². The molecule has 1 aliphatic rings. The number of ether oxygens (including phenoxy) is 2. The molecule has 4 nitrogen and oxygen atoms in total. The van der Waals surface area contributed by atoms with Crippen molar-refractivity contribution in [3.05, 3.63) is 30.1 Å². The molecule has 0 saturated heterocycles. The molecule has 0 fully saturated rings. The molecule has 0 aliphatic heterocycles. The first-order chi connectivity index (χ1) is 6.59. The third kappa shape index (κ3) is 3.05. The molecule has 0 amide bonds. The monoisotopic (exact) mass is 195 g/mol. The van der Waals surface area contributed by atoms with Gasteiger partial charge in [0.2, 0.25) is 0 Å². The van der Waals surface area contributed by atoms with Crippen LogP contribution < -0.4 is 0 Å². The molecular formula is C10H11O4. The highest BCUT2D eigenvalue weighted by Gasteiger charge is 2.14. The van der Waals surface area contributed by atoms with E-state index in [1.54, 1.807) is 12.5 Å². The van der Waals surface area contributed by atoms with Crippen LogP contribution in [0.3, 0.4) is 0 Å². The SMILES string of the molecule is CC(=O)OC1=C(OC(C)=O)C=CC[CH]1. The summed E-state index contributed by atoms with van der Waals surface area (Å²) in [6, 6.07) is 0. The Morgan fingerprint density at radius 3 is 2.29 bits per heavy atom. The number of esters is 2. The summed E-state index contributed by atoms with van der Waals surface area (Å²) >= 11 is 0. The summed E-state index contributed by atoms with van der Waals surface area (Å²) in [5.41, 5.74) is 0. The Kier molecular flexibility index (Phi) is 3.45. The van der Waals surface area contributed by atoms with Crippen LogP contribution in [0, 0.1) is 6.42 Å². The lowest BCUT2D eigenvalue weighted by atomic mass is 10.1. The van der Waals surface area contributed by atoms with Gasteiger partial charge in [0.25, 0.3) is 0 Å². The zero-order valence-corrected chi connectivity index (χ0v) is 8.07. The summed E-state index contributed by atoms with van der Waals surface area (Å²) in [5, 5.41) is 0. The predicted octanol–water partition coefficient (Wildman–Crippen LogP) is 1.49. The largest absolute Gasteiger partial charge is 0.427 e. The van der Waals surface area contributed by atoms with Crippen LogP contribution in [0.5, 0.6) is 0 Å². The summed E-state index contributed by atoms with van der Waals surface area (Å²) in [5.74, 6) is -0.296. The minimum Gasteiger partial charge on any atom is -0.427 e. The Balaban J connectivity index is 2.80. The van der Waals surface area contributed by atoms with Crippen LogP contribution in [-0.2, 0) is 19.1 Å². The smallest absolute Gasteiger partial charge is 0.308 e. The van der Waals surface area contributed by atoms with E-state index in [1.165, 1.54) is 13.8 Å². The van der Waals surface area contributed by atoms with E-state index in [0.29, 0.717) is 12.2 Å². The molecule has 0 aromatic heterocycles. The fourth-order valence-corrected chi connectivity index (χ4v) is 1.02. The number of hydrogen-bond acceptors (Lipinski definition) is 4. The minimum atomic E-state index is -0.440. The molecule has 14 heavy (non-hydrogen) atoms. The Morgan fingerprint density at radius 1 is 1.14 bits per heavy atom. The summed E-state index contributed by atoms with van der Waals surface area (Å²) in [6.07, 6.45) is 5.76. The zero-order valence-electron chi connectivity index (χ0n) is 8.07. The molecule has 0 bridgehead atoms. The molecule has 0 N–H and O–H groups in total. The average molecular weight is 195 g/mol. The first kappa shape index (κ1) is 10.5. The molecule has 0 atom stereocenters. The van der Waals surface area contributed by atoms with Crippen LogP contribution >= 0.6 is 0 Å². The minimum absolute atomic E-state index is 0.277. The normalized spacial score (nSPS) is 15.3. The van der Waals surface area contributed by atoms with Crippen molar-refractivity contribution in [3.8, 4) is 0 Å². The lowest BCUT2D eigenvalue weighted by Crippen LogP contribution is -2.08. The van der Waals surface area contributed by atoms with Gasteiger partial charge in [0.1, 0.15) is 0 Å². The molecule has 0 aromatic rings. The second-order valence-corrected chi connectivity index (χ2v) is 2.76. The van der Waals surface area contributed by atoms with Gasteiger partial charge in [-0.1, -0.05) is 6.08 Å². The number of rotatable bonds is 2. The van der Waals surface area contributed by atoms with E-state index < -0.39 is 11.9 Å². The van der Waals surface area contributed by atoms with Gasteiger partial charge in [-0.3, -0.25) is 9.59 Å². The standard InChI is InChI=1S/C10H11O4/c1-7(11)13-9-5-3-4-6-10(9)14-8(2)12/h3,5-6H,4H2,1-2H3. The molecule has 0 unspecified atom stereocenters. The summed E-state index contributed by atoms with van der Waals surface area (Å²) in [4.78, 5) is 21.4. The first-order valence-electron chi connectivity index (χ1n) is 4.20. The lowest BCUT2D eigenvalue weighted by Gasteiger charge is -2.13. The lowest BCUT2D eigenvalue weighted by molar-refractivity contribution is -0.140. The Bertz CT molecular complexity index is 312. The molecular weight excluding hydrogens is 184 g/mol. The third-order valence-electron chi connectivity index (χ3n) is 1.46. The molecule has 0 aromatic carbocycles. The van der Waals surface area contributed by atoms with Gasteiger partial charge in [-0.25, -0.2) is 0 Å². The van der Waals surface area contributed by atoms with Crippen molar-refractivity contribution >= 4 is 11.9 Å². The third-order valence-corrected chi connectivity index (χ3v) is 1.46. The van der Waals surface area contributed by atoms with Crippen LogP contribution in [0.4, 0.5) is 0 Å². The maximum Gasteiger partial charge on any atom is 0.308 e. The predicted molar refractivity (Wildman–Crippen MR) is 48.6 cm³/mol. The van der Waals surface area contributed by atoms with Crippen molar-refractivity contribution < 1.29 is 19.1 Å². The van der Waals surface area contributed by atoms with E-state index in [4.69, 9.17) is 9.47 Å². The fraction of sp³-hybridized carbons (Fsp3) is 0.300. The first-order valence-corrected chi connectivity index (χ1v) is 4.20. The van der Waals surface area contributed by atoms with Crippen LogP contribution in [0.2, 0.25) is 0 Å². The topological polar surface area (TPSA) is 52.6 Å². The van der Waals surface area contributed by atoms with Gasteiger partial charge in [-0.2, -0.15) is 0 Å². The highest BCUT2D eigenvalue weighted by atomic mass is 16.6. The molecule has 1 radical (unpaired) electrons. The van der Waals surface area contributed by atoms with Gasteiger partial charge in [0.05, 0.1) is 0 Å². The van der Waals surface area contributed by atoms with Crippen LogP contribution in [-0.4, -0.2) is 11.9 Å². The van der Waals surface area contributed by atoms with Gasteiger partial charge in [0, 0.05) is 20.3 Å². The molecule has 4 heteroatoms. The quantitative estimate of drug-likeness (QED) is 0.626. The van der Waals surface area contributed by atoms with E-state index in [0.717, 1.165) is 0 Å². The van der Waals surface area contributed by atoms with E-state index >= 15 is 0 Å². The molecule has 0 heterocycles. The van der Waals surface area contributed by atoms with Crippen molar-refractivity contribution in [2.75, 3.05) is 0 Å². The van der Waals surface area contributed by atoms with Crippen molar-refractivity contribution in [1.29, 1.82) is 0 Å². The second kappa shape index (κ2) is 4.60. The van der Waals surface area contributed by atoms with Crippen molar-refractivity contribution in [1.82, 2.24) is 0 Å². The van der Waals surface area contributed by atoms with E-state index in [2.05, 4.69) is 0 Å². The summed E-state index contributed by atoms with van der Waals surface area (Å²) in [7, 11) is 0. The zero-order chi connectivity index (χ0) is 10.6. The molecule has 0 saturated carbocycles. The van der Waals surface area contributed by atoms with E-state index in [-0.39, 0.29) is 5.76 Å². The number of allylic oxidation sites excluding steroid dienone is 3. The van der Waals surface area contributed by atoms with E-state index in [9.17, 15) is 9.59 Å². The number of carbonyl (C=O) groups is 2. The van der Waals surface area contributed by atoms with E-state index in [1.807, 2.05) is 6.08 Å². The Labute approximate surface area is 82.2 Å². The van der Waals surface area contributed by atoms with Crippen LogP contribution in [0.1, 0.15) is 20.3 Å². The van der Waals surface area contributed by atoms with Gasteiger partial charge < -0.3 is 9.47 Å². The van der Waals surface area contributed by atoms with Crippen molar-refractivity contribution in [3.63, 3.8) is 0 Å². The molecule has 1 aliphatic carbocycles. The highest BCUT2D eigenvalue weighted by molar-refractivity contribution is 5.70. The van der Waals surface area contributed by atoms with Crippen LogP contribution in [0.15, 0.2) is 23.7 Å². The van der Waals surface area contributed by atoms with Crippen LogP contribution in [0.25, 0.3) is 0 Å². The van der Waals surface area contributed by atoms with Gasteiger partial charge in [-0.15, -0.1) is 0 Å². The maximum atomic E-state index is 10.7. The Morgan fingerprint density at radius 2 is 1.71 bits per heavy atom. The summed E-state index contributed by atoms with van der Waals surface area (Å²) in [6.45, 7) is 2.59.